The number of benzene rings is 1. The van der Waals surface area contributed by atoms with Gasteiger partial charge in [0.25, 0.3) is 5.91 Å². The Morgan fingerprint density at radius 3 is 2.60 bits per heavy atom. The molecule has 2 rings (SSSR count). The number of amides is 1. The zero-order valence-electron chi connectivity index (χ0n) is 15.5. The predicted octanol–water partition coefficient (Wildman–Crippen LogP) is 3.31. The van der Waals surface area contributed by atoms with Gasteiger partial charge in [0, 0.05) is 26.0 Å². The maximum atomic E-state index is 13.0. The number of carbonyl (C=O) groups is 1. The lowest BCUT2D eigenvalue weighted by Crippen LogP contribution is -2.32. The molecule has 0 radical (unpaired) electrons. The molecule has 1 aliphatic rings. The summed E-state index contributed by atoms with van der Waals surface area (Å²) in [7, 11) is 3.29. The second-order valence-electron chi connectivity index (χ2n) is 5.99. The predicted molar refractivity (Wildman–Crippen MR) is 101 cm³/mol. The van der Waals surface area contributed by atoms with Gasteiger partial charge in [-0.05, 0) is 44.0 Å². The molecule has 0 saturated carbocycles. The topological polar surface area (TPSA) is 63.5 Å². The number of hydrazone groups is 1. The fourth-order valence-corrected chi connectivity index (χ4v) is 2.83. The van der Waals surface area contributed by atoms with E-state index in [0.717, 1.165) is 42.1 Å². The molecule has 0 unspecified atom stereocenters. The third kappa shape index (κ3) is 4.66. The summed E-state index contributed by atoms with van der Waals surface area (Å²) in [6.07, 6.45) is 2.57. The summed E-state index contributed by atoms with van der Waals surface area (Å²) in [4.78, 5) is 17.5. The molecular formula is C19H27N3O3. The molecule has 25 heavy (non-hydrogen) atoms. The number of hydrogen-bond acceptors (Lipinski definition) is 5. The van der Waals surface area contributed by atoms with Crippen molar-refractivity contribution < 1.29 is 14.3 Å². The largest absolute Gasteiger partial charge is 0.497 e. The van der Waals surface area contributed by atoms with Crippen molar-refractivity contribution in [3.8, 4) is 5.75 Å². The van der Waals surface area contributed by atoms with Gasteiger partial charge in [-0.1, -0.05) is 13.3 Å². The summed E-state index contributed by atoms with van der Waals surface area (Å²) < 4.78 is 10.2. The Morgan fingerprint density at radius 2 is 2.00 bits per heavy atom. The average Bonchev–Trinajstić information content (AvgIpc) is 2.95. The SMILES string of the molecule is CCCC1=NN(c2ccc(OC)cc2)C(=O)[C@H]1C(C)=NCCCOC. The summed E-state index contributed by atoms with van der Waals surface area (Å²) in [6, 6.07) is 7.35. The van der Waals surface area contributed by atoms with Crippen LogP contribution in [0.5, 0.6) is 5.75 Å². The molecule has 0 fully saturated rings. The lowest BCUT2D eigenvalue weighted by molar-refractivity contribution is -0.118. The minimum Gasteiger partial charge on any atom is -0.497 e. The Balaban J connectivity index is 2.20. The van der Waals surface area contributed by atoms with E-state index in [1.54, 1.807) is 14.2 Å². The van der Waals surface area contributed by atoms with Crippen LogP contribution in [0.2, 0.25) is 0 Å². The van der Waals surface area contributed by atoms with Crippen molar-refractivity contribution in [2.75, 3.05) is 32.4 Å². The normalized spacial score (nSPS) is 17.8. The highest BCUT2D eigenvalue weighted by molar-refractivity contribution is 6.28. The molecular weight excluding hydrogens is 318 g/mol. The molecule has 1 aromatic rings. The zero-order valence-corrected chi connectivity index (χ0v) is 15.5. The van der Waals surface area contributed by atoms with E-state index < -0.39 is 0 Å². The van der Waals surface area contributed by atoms with Crippen molar-refractivity contribution in [2.24, 2.45) is 16.0 Å². The number of hydrogen-bond donors (Lipinski definition) is 0. The fourth-order valence-electron chi connectivity index (χ4n) is 2.83. The first-order valence-electron chi connectivity index (χ1n) is 8.67. The van der Waals surface area contributed by atoms with Crippen LogP contribution in [0.15, 0.2) is 34.4 Å². The molecule has 6 nitrogen and oxygen atoms in total. The maximum Gasteiger partial charge on any atom is 0.261 e. The van der Waals surface area contributed by atoms with Crippen molar-refractivity contribution in [1.29, 1.82) is 0 Å². The highest BCUT2D eigenvalue weighted by Gasteiger charge is 2.37. The highest BCUT2D eigenvalue weighted by Crippen LogP contribution is 2.28. The molecule has 1 aromatic carbocycles. The lowest BCUT2D eigenvalue weighted by Gasteiger charge is -2.15. The van der Waals surface area contributed by atoms with Crippen molar-refractivity contribution in [2.45, 2.75) is 33.1 Å². The number of carbonyl (C=O) groups excluding carboxylic acids is 1. The Labute approximate surface area is 149 Å². The van der Waals surface area contributed by atoms with Gasteiger partial charge in [0.05, 0.1) is 18.5 Å². The summed E-state index contributed by atoms with van der Waals surface area (Å²) in [5, 5.41) is 6.07. The third-order valence-corrected chi connectivity index (χ3v) is 4.13. The van der Waals surface area contributed by atoms with Crippen molar-refractivity contribution in [3.63, 3.8) is 0 Å². The van der Waals surface area contributed by atoms with Gasteiger partial charge in [-0.25, -0.2) is 0 Å². The van der Waals surface area contributed by atoms with Crippen molar-refractivity contribution >= 4 is 23.0 Å². The van der Waals surface area contributed by atoms with Gasteiger partial charge >= 0.3 is 0 Å². The van der Waals surface area contributed by atoms with E-state index >= 15 is 0 Å². The Morgan fingerprint density at radius 1 is 1.28 bits per heavy atom. The first-order chi connectivity index (χ1) is 12.1. The molecule has 1 atom stereocenters. The van der Waals surface area contributed by atoms with E-state index in [0.29, 0.717) is 13.2 Å². The monoisotopic (exact) mass is 345 g/mol. The smallest absolute Gasteiger partial charge is 0.261 e. The number of ether oxygens (including phenoxy) is 2. The summed E-state index contributed by atoms with van der Waals surface area (Å²) in [5.74, 6) is 0.354. The van der Waals surface area contributed by atoms with E-state index in [9.17, 15) is 4.79 Å². The van der Waals surface area contributed by atoms with Crippen LogP contribution >= 0.6 is 0 Å². The van der Waals surface area contributed by atoms with Gasteiger partial charge < -0.3 is 9.47 Å². The van der Waals surface area contributed by atoms with E-state index in [2.05, 4.69) is 17.0 Å². The Kier molecular flexibility index (Phi) is 7.13. The minimum absolute atomic E-state index is 0.0402. The third-order valence-electron chi connectivity index (χ3n) is 4.13. The van der Waals surface area contributed by atoms with Crippen LogP contribution in [0.4, 0.5) is 5.69 Å². The van der Waals surface area contributed by atoms with Gasteiger partial charge in [-0.2, -0.15) is 10.1 Å². The first kappa shape index (κ1) is 19.1. The molecule has 0 aromatic heterocycles. The quantitative estimate of drug-likeness (QED) is 0.509. The van der Waals surface area contributed by atoms with E-state index in [1.165, 1.54) is 5.01 Å². The molecule has 0 N–H and O–H groups in total. The van der Waals surface area contributed by atoms with Crippen LogP contribution in [-0.2, 0) is 9.53 Å². The van der Waals surface area contributed by atoms with Gasteiger partial charge in [0.1, 0.15) is 11.7 Å². The summed E-state index contributed by atoms with van der Waals surface area (Å²) in [6.45, 7) is 5.33. The molecule has 136 valence electrons. The molecule has 1 amide bonds. The summed E-state index contributed by atoms with van der Waals surface area (Å²) >= 11 is 0. The van der Waals surface area contributed by atoms with Crippen LogP contribution in [0.1, 0.15) is 33.1 Å². The molecule has 6 heteroatoms. The van der Waals surface area contributed by atoms with E-state index in [-0.39, 0.29) is 11.8 Å². The van der Waals surface area contributed by atoms with Crippen LogP contribution in [0, 0.1) is 5.92 Å². The van der Waals surface area contributed by atoms with Crippen LogP contribution in [-0.4, -0.2) is 44.7 Å². The minimum atomic E-state index is -0.357. The number of nitrogens with zero attached hydrogens (tertiary/aromatic N) is 3. The van der Waals surface area contributed by atoms with Gasteiger partial charge in [-0.15, -0.1) is 0 Å². The molecule has 0 spiro atoms. The van der Waals surface area contributed by atoms with Crippen LogP contribution in [0.3, 0.4) is 0 Å². The zero-order chi connectivity index (χ0) is 18.2. The standard InChI is InChI=1S/C19H27N3O3/c1-5-7-17-18(14(2)20-12-6-13-24-3)19(23)22(21-17)15-8-10-16(25-4)11-9-15/h8-11,18H,5-7,12-13H2,1-4H3/t18-/m0/s1. The Bertz CT molecular complexity index is 638. The number of aliphatic imine (C=N–C) groups is 1. The van der Waals surface area contributed by atoms with E-state index in [1.807, 2.05) is 31.2 Å². The van der Waals surface area contributed by atoms with Gasteiger partial charge in [0.15, 0.2) is 0 Å². The second kappa shape index (κ2) is 9.32. The van der Waals surface area contributed by atoms with E-state index in [4.69, 9.17) is 9.47 Å². The van der Waals surface area contributed by atoms with Crippen LogP contribution in [0.25, 0.3) is 0 Å². The maximum absolute atomic E-state index is 13.0. The molecule has 1 aliphatic heterocycles. The second-order valence-corrected chi connectivity index (χ2v) is 5.99. The molecule has 0 bridgehead atoms. The lowest BCUT2D eigenvalue weighted by atomic mass is 9.95. The van der Waals surface area contributed by atoms with Gasteiger partial charge in [-0.3, -0.25) is 9.79 Å². The number of anilines is 1. The van der Waals surface area contributed by atoms with Crippen LogP contribution < -0.4 is 9.75 Å². The molecule has 0 aliphatic carbocycles. The first-order valence-corrected chi connectivity index (χ1v) is 8.67. The highest BCUT2D eigenvalue weighted by atomic mass is 16.5. The van der Waals surface area contributed by atoms with Crippen molar-refractivity contribution in [1.82, 2.24) is 0 Å². The Hall–Kier alpha value is -2.21. The fraction of sp³-hybridized carbons (Fsp3) is 0.526. The summed E-state index contributed by atoms with van der Waals surface area (Å²) in [5.41, 5.74) is 2.45. The average molecular weight is 345 g/mol. The molecule has 1 heterocycles. The number of methoxy groups -OCH3 is 2. The number of rotatable bonds is 9. The molecule has 0 saturated heterocycles. The van der Waals surface area contributed by atoms with Crippen molar-refractivity contribution in [3.05, 3.63) is 24.3 Å². The van der Waals surface area contributed by atoms with Gasteiger partial charge in [0.2, 0.25) is 0 Å².